The lowest BCUT2D eigenvalue weighted by atomic mass is 9.80. The van der Waals surface area contributed by atoms with Crippen molar-refractivity contribution in [2.24, 2.45) is 11.8 Å². The van der Waals surface area contributed by atoms with Crippen LogP contribution in [-0.4, -0.2) is 21.2 Å². The van der Waals surface area contributed by atoms with Gasteiger partial charge < -0.3 is 9.84 Å². The van der Waals surface area contributed by atoms with Crippen LogP contribution in [0.3, 0.4) is 0 Å². The lowest BCUT2D eigenvalue weighted by Gasteiger charge is -2.32. The molecule has 0 spiro atoms. The molecular formula is C16H26N2O2. The molecule has 4 nitrogen and oxygen atoms in total. The maximum Gasteiger partial charge on any atom is 0.161 e. The highest BCUT2D eigenvalue weighted by Crippen LogP contribution is 2.32. The second-order valence-electron chi connectivity index (χ2n) is 6.36. The minimum Gasteiger partial charge on any atom is -0.487 e. The van der Waals surface area contributed by atoms with Gasteiger partial charge in [-0.05, 0) is 31.1 Å². The zero-order chi connectivity index (χ0) is 14.7. The monoisotopic (exact) mass is 278 g/mol. The molecule has 0 saturated heterocycles. The number of rotatable bonds is 4. The zero-order valence-corrected chi connectivity index (χ0v) is 13.0. The van der Waals surface area contributed by atoms with Crippen LogP contribution in [0.1, 0.15) is 64.4 Å². The van der Waals surface area contributed by atoms with Crippen LogP contribution in [0.2, 0.25) is 0 Å². The van der Waals surface area contributed by atoms with Gasteiger partial charge in [0.2, 0.25) is 0 Å². The lowest BCUT2D eigenvalue weighted by molar-refractivity contribution is 0.0969. The van der Waals surface area contributed by atoms with Crippen LogP contribution in [0.25, 0.3) is 0 Å². The summed E-state index contributed by atoms with van der Waals surface area (Å²) in [6.45, 7) is 8.57. The number of hydrogen-bond donors (Lipinski definition) is 1. The first kappa shape index (κ1) is 15.2. The maximum atomic E-state index is 9.48. The Morgan fingerprint density at radius 3 is 2.65 bits per heavy atom. The van der Waals surface area contributed by atoms with Gasteiger partial charge in [0.15, 0.2) is 5.75 Å². The maximum absolute atomic E-state index is 9.48. The average molecular weight is 278 g/mol. The molecule has 0 aromatic carbocycles. The smallest absolute Gasteiger partial charge is 0.161 e. The topological polar surface area (TPSA) is 55.2 Å². The molecule has 1 aliphatic carbocycles. The summed E-state index contributed by atoms with van der Waals surface area (Å²) in [6.07, 6.45) is 5.28. The van der Waals surface area contributed by atoms with E-state index in [-0.39, 0.29) is 18.6 Å². The fraction of sp³-hybridized carbons (Fsp3) is 0.750. The number of nitrogens with zero attached hydrogens (tertiary/aromatic N) is 2. The van der Waals surface area contributed by atoms with Crippen LogP contribution in [-0.2, 0) is 6.61 Å². The number of ether oxygens (including phenoxy) is 1. The van der Waals surface area contributed by atoms with E-state index in [4.69, 9.17) is 4.74 Å². The van der Waals surface area contributed by atoms with E-state index >= 15 is 0 Å². The highest BCUT2D eigenvalue weighted by molar-refractivity contribution is 5.25. The van der Waals surface area contributed by atoms with Crippen molar-refractivity contribution in [1.82, 2.24) is 9.97 Å². The summed E-state index contributed by atoms with van der Waals surface area (Å²) in [5.41, 5.74) is 0.606. The molecule has 0 bridgehead atoms. The first-order chi connectivity index (χ1) is 9.51. The molecule has 3 atom stereocenters. The second-order valence-corrected chi connectivity index (χ2v) is 6.36. The molecule has 20 heavy (non-hydrogen) atoms. The Kier molecular flexibility index (Phi) is 4.97. The minimum atomic E-state index is -0.101. The van der Waals surface area contributed by atoms with Crippen molar-refractivity contribution in [2.75, 3.05) is 0 Å². The van der Waals surface area contributed by atoms with Crippen LogP contribution in [0, 0.1) is 11.8 Å². The third-order valence-corrected chi connectivity index (χ3v) is 4.36. The quantitative estimate of drug-likeness (QED) is 0.918. The Balaban J connectivity index is 2.09. The lowest BCUT2D eigenvalue weighted by Crippen LogP contribution is -2.29. The minimum absolute atomic E-state index is 0.101. The standard InChI is InChI=1S/C16H26N2O2/c1-10(2)16-17-8-15(14(9-19)18-16)20-13-6-5-11(3)12(4)7-13/h8,10-13,19H,5-7,9H2,1-4H3. The van der Waals surface area contributed by atoms with E-state index in [2.05, 4.69) is 23.8 Å². The second kappa shape index (κ2) is 6.53. The predicted molar refractivity (Wildman–Crippen MR) is 78.6 cm³/mol. The van der Waals surface area contributed by atoms with Gasteiger partial charge in [0.1, 0.15) is 11.5 Å². The zero-order valence-electron chi connectivity index (χ0n) is 13.0. The number of aliphatic hydroxyl groups excluding tert-OH is 1. The van der Waals surface area contributed by atoms with Gasteiger partial charge >= 0.3 is 0 Å². The van der Waals surface area contributed by atoms with E-state index in [1.54, 1.807) is 6.20 Å². The van der Waals surface area contributed by atoms with Crippen molar-refractivity contribution in [3.63, 3.8) is 0 Å². The summed E-state index contributed by atoms with van der Waals surface area (Å²) >= 11 is 0. The normalized spacial score (nSPS) is 26.8. The van der Waals surface area contributed by atoms with E-state index in [0.717, 1.165) is 24.6 Å². The van der Waals surface area contributed by atoms with Crippen LogP contribution >= 0.6 is 0 Å². The van der Waals surface area contributed by atoms with E-state index in [0.29, 0.717) is 17.4 Å². The summed E-state index contributed by atoms with van der Waals surface area (Å²) in [4.78, 5) is 8.74. The van der Waals surface area contributed by atoms with Gasteiger partial charge in [-0.15, -0.1) is 0 Å². The Bertz CT molecular complexity index is 448. The Labute approximate surface area is 121 Å². The first-order valence-corrected chi connectivity index (χ1v) is 7.64. The average Bonchev–Trinajstić information content (AvgIpc) is 2.43. The Hall–Kier alpha value is -1.16. The molecular weight excluding hydrogens is 252 g/mol. The highest BCUT2D eigenvalue weighted by atomic mass is 16.5. The largest absolute Gasteiger partial charge is 0.487 e. The summed E-state index contributed by atoms with van der Waals surface area (Å²) in [7, 11) is 0. The molecule has 1 aromatic rings. The molecule has 1 aliphatic rings. The third kappa shape index (κ3) is 3.48. The van der Waals surface area contributed by atoms with Crippen LogP contribution in [0.5, 0.6) is 5.75 Å². The SMILES string of the molecule is CC(C)c1ncc(OC2CCC(C)C(C)C2)c(CO)n1. The summed E-state index contributed by atoms with van der Waals surface area (Å²) in [5, 5.41) is 9.48. The van der Waals surface area contributed by atoms with Gasteiger partial charge in [-0.1, -0.05) is 27.7 Å². The molecule has 3 unspecified atom stereocenters. The molecule has 0 radical (unpaired) electrons. The molecule has 112 valence electrons. The molecule has 0 aliphatic heterocycles. The van der Waals surface area contributed by atoms with Crippen molar-refractivity contribution in [2.45, 2.75) is 65.6 Å². The molecule has 1 heterocycles. The summed E-state index contributed by atoms with van der Waals surface area (Å²) < 4.78 is 6.05. The van der Waals surface area contributed by atoms with Gasteiger partial charge in [-0.3, -0.25) is 0 Å². The predicted octanol–water partition coefficient (Wildman–Crippen LogP) is 3.30. The van der Waals surface area contributed by atoms with Crippen molar-refractivity contribution < 1.29 is 9.84 Å². The number of aromatic nitrogens is 2. The summed E-state index contributed by atoms with van der Waals surface area (Å²) in [5.74, 6) is 3.11. The van der Waals surface area contributed by atoms with Crippen LogP contribution in [0.15, 0.2) is 6.20 Å². The van der Waals surface area contributed by atoms with Crippen molar-refractivity contribution in [1.29, 1.82) is 0 Å². The van der Waals surface area contributed by atoms with Gasteiger partial charge in [0.25, 0.3) is 0 Å². The number of hydrogen-bond acceptors (Lipinski definition) is 4. The van der Waals surface area contributed by atoms with Gasteiger partial charge in [0, 0.05) is 5.92 Å². The van der Waals surface area contributed by atoms with E-state index < -0.39 is 0 Å². The third-order valence-electron chi connectivity index (χ3n) is 4.36. The Morgan fingerprint density at radius 1 is 1.30 bits per heavy atom. The van der Waals surface area contributed by atoms with Crippen molar-refractivity contribution in [3.05, 3.63) is 17.7 Å². The molecule has 1 saturated carbocycles. The van der Waals surface area contributed by atoms with Crippen LogP contribution in [0.4, 0.5) is 0 Å². The van der Waals surface area contributed by atoms with Gasteiger partial charge in [-0.25, -0.2) is 9.97 Å². The molecule has 0 amide bonds. The number of aliphatic hydroxyl groups is 1. The fourth-order valence-corrected chi connectivity index (χ4v) is 2.70. The fourth-order valence-electron chi connectivity index (χ4n) is 2.70. The van der Waals surface area contributed by atoms with Gasteiger partial charge in [-0.2, -0.15) is 0 Å². The molecule has 1 fully saturated rings. The molecule has 1 aromatic heterocycles. The molecule has 1 N–H and O–H groups in total. The van der Waals surface area contributed by atoms with E-state index in [1.807, 2.05) is 13.8 Å². The Morgan fingerprint density at radius 2 is 2.05 bits per heavy atom. The molecule has 4 heteroatoms. The van der Waals surface area contributed by atoms with E-state index in [9.17, 15) is 5.11 Å². The van der Waals surface area contributed by atoms with Crippen LogP contribution < -0.4 is 4.74 Å². The molecule has 2 rings (SSSR count). The highest BCUT2D eigenvalue weighted by Gasteiger charge is 2.26. The van der Waals surface area contributed by atoms with Crippen molar-refractivity contribution >= 4 is 0 Å². The van der Waals surface area contributed by atoms with Gasteiger partial charge in [0.05, 0.1) is 18.9 Å². The summed E-state index contributed by atoms with van der Waals surface area (Å²) in [6, 6.07) is 0. The first-order valence-electron chi connectivity index (χ1n) is 7.64. The van der Waals surface area contributed by atoms with Crippen molar-refractivity contribution in [3.8, 4) is 5.75 Å². The van der Waals surface area contributed by atoms with E-state index in [1.165, 1.54) is 6.42 Å².